The lowest BCUT2D eigenvalue weighted by Gasteiger charge is -2.36. The highest BCUT2D eigenvalue weighted by molar-refractivity contribution is 5.99. The number of aliphatic hydroxyl groups is 1. The van der Waals surface area contributed by atoms with Gasteiger partial charge < -0.3 is 25.4 Å². The molecule has 3 aliphatic heterocycles. The molecule has 3 aromatic rings. The van der Waals surface area contributed by atoms with Crippen LogP contribution in [0.5, 0.6) is 0 Å². The van der Waals surface area contributed by atoms with Crippen LogP contribution in [-0.2, 0) is 32.3 Å². The second kappa shape index (κ2) is 10.2. The maximum Gasteiger partial charge on any atom is 0.247 e. The lowest BCUT2D eigenvalue weighted by Crippen LogP contribution is -2.58. The molecule has 0 radical (unpaired) electrons. The zero-order valence-electron chi connectivity index (χ0n) is 23.5. The fourth-order valence-electron chi connectivity index (χ4n) is 7.36. The van der Waals surface area contributed by atoms with Crippen LogP contribution in [0.15, 0.2) is 54.6 Å². The summed E-state index contributed by atoms with van der Waals surface area (Å²) in [7, 11) is 0. The number of para-hydroxylation sites is 1. The minimum atomic E-state index is -1.20. The molecule has 216 valence electrons. The second-order valence-corrected chi connectivity index (χ2v) is 11.7. The van der Waals surface area contributed by atoms with E-state index in [0.29, 0.717) is 24.9 Å². The van der Waals surface area contributed by atoms with Crippen LogP contribution >= 0.6 is 0 Å². The first-order chi connectivity index (χ1) is 19.7. The molecule has 2 aromatic carbocycles. The Morgan fingerprint density at radius 1 is 1.12 bits per heavy atom. The number of nitrogens with zero attached hydrogens (tertiary/aromatic N) is 4. The van der Waals surface area contributed by atoms with Gasteiger partial charge >= 0.3 is 0 Å². The smallest absolute Gasteiger partial charge is 0.247 e. The quantitative estimate of drug-likeness (QED) is 0.361. The first-order valence-corrected chi connectivity index (χ1v) is 14.3. The molecule has 41 heavy (non-hydrogen) atoms. The molecule has 3 fully saturated rings. The Bertz CT molecular complexity index is 1470. The highest BCUT2D eigenvalue weighted by atomic mass is 16.5. The molecule has 1 aromatic heterocycles. The Kier molecular flexibility index (Phi) is 6.82. The number of ether oxygens (including phenoxy) is 1. The van der Waals surface area contributed by atoms with Crippen LogP contribution in [0.25, 0.3) is 11.0 Å². The first-order valence-electron chi connectivity index (χ1n) is 14.3. The van der Waals surface area contributed by atoms with Gasteiger partial charge in [-0.1, -0.05) is 61.5 Å². The van der Waals surface area contributed by atoms with Gasteiger partial charge in [-0.05, 0) is 43.4 Å². The fraction of sp³-hybridized carbons (Fsp3) is 0.500. The molecule has 3 N–H and O–H groups in total. The van der Waals surface area contributed by atoms with Crippen molar-refractivity contribution in [1.29, 1.82) is 0 Å². The van der Waals surface area contributed by atoms with E-state index in [-0.39, 0.29) is 31.0 Å². The van der Waals surface area contributed by atoms with Crippen LogP contribution < -0.4 is 10.6 Å². The zero-order valence-corrected chi connectivity index (χ0v) is 23.5. The predicted molar refractivity (Wildman–Crippen MR) is 149 cm³/mol. The van der Waals surface area contributed by atoms with Crippen molar-refractivity contribution in [1.82, 2.24) is 30.5 Å². The van der Waals surface area contributed by atoms with Gasteiger partial charge in [0.25, 0.3) is 0 Å². The van der Waals surface area contributed by atoms with Crippen molar-refractivity contribution in [2.24, 2.45) is 17.8 Å². The van der Waals surface area contributed by atoms with Crippen molar-refractivity contribution in [3.8, 4) is 0 Å². The lowest BCUT2D eigenvalue weighted by atomic mass is 9.62. The molecular weight excluding hydrogens is 524 g/mol. The van der Waals surface area contributed by atoms with Gasteiger partial charge in [0.1, 0.15) is 23.8 Å². The summed E-state index contributed by atoms with van der Waals surface area (Å²) in [5.74, 6) is -2.71. The van der Waals surface area contributed by atoms with Crippen molar-refractivity contribution >= 4 is 28.8 Å². The number of carbonyl (C=O) groups excluding carboxylic acids is 3. The number of hydrogen-bond acceptors (Lipinski definition) is 7. The molecule has 3 amide bonds. The number of aromatic nitrogens is 3. The number of amides is 3. The van der Waals surface area contributed by atoms with E-state index < -0.39 is 41.0 Å². The third-order valence-electron chi connectivity index (χ3n) is 9.49. The van der Waals surface area contributed by atoms with E-state index in [4.69, 9.17) is 4.74 Å². The third-order valence-corrected chi connectivity index (χ3v) is 9.49. The molecular formula is C30H36N6O5. The summed E-state index contributed by atoms with van der Waals surface area (Å²) < 4.78 is 8.34. The van der Waals surface area contributed by atoms with Gasteiger partial charge in [-0.3, -0.25) is 14.4 Å². The largest absolute Gasteiger partial charge is 0.394 e. The summed E-state index contributed by atoms with van der Waals surface area (Å²) in [5, 5.41) is 24.5. The number of nitrogens with one attached hydrogen (secondary N) is 2. The normalized spacial score (nSPS) is 30.9. The minimum Gasteiger partial charge on any atom is -0.394 e. The molecule has 3 saturated heterocycles. The van der Waals surface area contributed by atoms with Crippen molar-refractivity contribution in [3.05, 3.63) is 60.2 Å². The monoisotopic (exact) mass is 560 g/mol. The molecule has 11 heteroatoms. The molecule has 3 aliphatic rings. The second-order valence-electron chi connectivity index (χ2n) is 11.7. The number of likely N-dealkylation sites (tertiary alicyclic amines) is 1. The summed E-state index contributed by atoms with van der Waals surface area (Å²) >= 11 is 0. The lowest BCUT2D eigenvalue weighted by molar-refractivity contribution is -0.151. The first kappa shape index (κ1) is 27.3. The van der Waals surface area contributed by atoms with Gasteiger partial charge in [0, 0.05) is 6.54 Å². The van der Waals surface area contributed by atoms with Crippen LogP contribution in [0.2, 0.25) is 0 Å². The third kappa shape index (κ3) is 4.13. The van der Waals surface area contributed by atoms with Crippen molar-refractivity contribution in [3.63, 3.8) is 0 Å². The standard InChI is InChI=1S/C30H36N6O5/c1-4-20(16-37)36-25(27(39)32-17-35-22-13-9-8-12-21(22)33-34-35)30-14-18(2)29(3,41-30)23(24(30)28(36)40)26(38)31-15-19-10-6-5-7-11-19/h5-13,18,20,23-25,37H,4,14-17H2,1-3H3,(H,31,38)(H,32,39)/t18?,20-,23+,24-,25?,29-,30?/m0/s1. The number of fused-ring (bicyclic) bond motifs is 2. The number of hydrogen-bond donors (Lipinski definition) is 3. The Morgan fingerprint density at radius 2 is 1.85 bits per heavy atom. The Hall–Kier alpha value is -3.83. The summed E-state index contributed by atoms with van der Waals surface area (Å²) in [6.45, 7) is 5.82. The number of aliphatic hydroxyl groups excluding tert-OH is 1. The van der Waals surface area contributed by atoms with Gasteiger partial charge in [-0.2, -0.15) is 0 Å². The average molecular weight is 561 g/mol. The molecule has 4 heterocycles. The molecule has 1 spiro atoms. The van der Waals surface area contributed by atoms with E-state index in [0.717, 1.165) is 11.1 Å². The van der Waals surface area contributed by atoms with E-state index in [1.807, 2.05) is 75.4 Å². The topological polar surface area (TPSA) is 139 Å². The highest BCUT2D eigenvalue weighted by Gasteiger charge is 2.80. The number of benzene rings is 2. The molecule has 0 aliphatic carbocycles. The fourth-order valence-corrected chi connectivity index (χ4v) is 7.36. The molecule has 2 bridgehead atoms. The van der Waals surface area contributed by atoms with E-state index in [2.05, 4.69) is 20.9 Å². The minimum absolute atomic E-state index is 0.0440. The molecule has 0 saturated carbocycles. The van der Waals surface area contributed by atoms with Gasteiger partial charge in [0.05, 0.1) is 35.6 Å². The van der Waals surface area contributed by atoms with Crippen LogP contribution in [0, 0.1) is 17.8 Å². The summed E-state index contributed by atoms with van der Waals surface area (Å²) in [4.78, 5) is 43.6. The molecule has 3 unspecified atom stereocenters. The predicted octanol–water partition coefficient (Wildman–Crippen LogP) is 1.60. The summed E-state index contributed by atoms with van der Waals surface area (Å²) in [6.07, 6.45) is 0.894. The van der Waals surface area contributed by atoms with Gasteiger partial charge in [-0.25, -0.2) is 4.68 Å². The Morgan fingerprint density at radius 3 is 2.59 bits per heavy atom. The van der Waals surface area contributed by atoms with Gasteiger partial charge in [0.15, 0.2) is 0 Å². The summed E-state index contributed by atoms with van der Waals surface area (Å²) in [5.41, 5.74) is 0.292. The van der Waals surface area contributed by atoms with Gasteiger partial charge in [0.2, 0.25) is 17.7 Å². The van der Waals surface area contributed by atoms with Crippen molar-refractivity contribution in [2.45, 2.75) is 70.1 Å². The highest BCUT2D eigenvalue weighted by Crippen LogP contribution is 2.65. The van der Waals surface area contributed by atoms with Crippen LogP contribution in [0.1, 0.15) is 39.2 Å². The SMILES string of the molecule is CC[C@@H](CO)N1C(=O)[C@@H]2[C@H](C(=O)NCc3ccccc3)[C@@]3(C)OC2(CC3C)C1C(=O)NCn1nnc2ccccc21. The van der Waals surface area contributed by atoms with E-state index in [1.54, 1.807) is 4.68 Å². The number of carbonyl (C=O) groups is 3. The summed E-state index contributed by atoms with van der Waals surface area (Å²) in [6, 6.07) is 15.4. The Labute approximate surface area is 238 Å². The van der Waals surface area contributed by atoms with E-state index in [9.17, 15) is 19.5 Å². The van der Waals surface area contributed by atoms with Crippen LogP contribution in [-0.4, -0.2) is 72.6 Å². The average Bonchev–Trinajstić information content (AvgIpc) is 3.65. The van der Waals surface area contributed by atoms with Gasteiger partial charge in [-0.15, -0.1) is 5.10 Å². The van der Waals surface area contributed by atoms with E-state index >= 15 is 0 Å². The number of rotatable bonds is 9. The van der Waals surface area contributed by atoms with E-state index in [1.165, 1.54) is 4.90 Å². The maximum absolute atomic E-state index is 14.2. The molecule has 6 rings (SSSR count). The van der Waals surface area contributed by atoms with Crippen molar-refractivity contribution in [2.75, 3.05) is 6.61 Å². The molecule has 7 atom stereocenters. The maximum atomic E-state index is 14.2. The zero-order chi connectivity index (χ0) is 28.9. The van der Waals surface area contributed by atoms with Crippen LogP contribution in [0.4, 0.5) is 0 Å². The van der Waals surface area contributed by atoms with Crippen molar-refractivity contribution < 1.29 is 24.2 Å². The van der Waals surface area contributed by atoms with Crippen LogP contribution in [0.3, 0.4) is 0 Å². The Balaban J connectivity index is 1.32. The molecule has 11 nitrogen and oxygen atoms in total.